The van der Waals surface area contributed by atoms with Crippen LogP contribution in [-0.2, 0) is 0 Å². The van der Waals surface area contributed by atoms with Gasteiger partial charge in [-0.2, -0.15) is 13.2 Å². The average molecular weight is 296 g/mol. The van der Waals surface area contributed by atoms with Crippen LogP contribution in [0, 0.1) is 0 Å². The summed E-state index contributed by atoms with van der Waals surface area (Å²) in [5.74, 6) is 0.693. The number of rotatable bonds is 6. The van der Waals surface area contributed by atoms with E-state index in [4.69, 9.17) is 0 Å². The van der Waals surface area contributed by atoms with Gasteiger partial charge in [0.15, 0.2) is 5.96 Å². The van der Waals surface area contributed by atoms with Gasteiger partial charge in [-0.15, -0.1) is 0 Å². The Morgan fingerprint density at radius 2 is 1.80 bits per heavy atom. The molecule has 0 amide bonds. The highest BCUT2D eigenvalue weighted by Gasteiger charge is 2.28. The van der Waals surface area contributed by atoms with E-state index in [0.29, 0.717) is 25.5 Å². The molecular weight excluding hydrogens is 269 g/mol. The van der Waals surface area contributed by atoms with E-state index in [1.54, 1.807) is 0 Å². The second-order valence-electron chi connectivity index (χ2n) is 5.84. The van der Waals surface area contributed by atoms with E-state index in [-0.39, 0.29) is 5.54 Å². The first-order chi connectivity index (χ1) is 9.03. The number of hydrogen-bond donors (Lipinski definition) is 2. The van der Waals surface area contributed by atoms with Crippen LogP contribution < -0.4 is 10.6 Å². The summed E-state index contributed by atoms with van der Waals surface area (Å²) >= 11 is 0. The standard InChI is InChI=1S/C13H27F3N4/c1-6-17-11(19-12(2,3)4)18-8-7-9-20(5)10-13(14,15)16/h6-10H2,1-5H3,(H2,17,18,19). The van der Waals surface area contributed by atoms with Gasteiger partial charge in [0.05, 0.1) is 6.54 Å². The van der Waals surface area contributed by atoms with E-state index in [2.05, 4.69) is 15.6 Å². The lowest BCUT2D eigenvalue weighted by molar-refractivity contribution is -0.143. The second-order valence-corrected chi connectivity index (χ2v) is 5.84. The Bertz CT molecular complexity index is 295. The number of aliphatic imine (C=N–C) groups is 1. The van der Waals surface area contributed by atoms with Crippen LogP contribution in [0.5, 0.6) is 0 Å². The zero-order chi connectivity index (χ0) is 15.8. The summed E-state index contributed by atoms with van der Waals surface area (Å²) in [5, 5.41) is 6.34. The Kier molecular flexibility index (Phi) is 7.93. The van der Waals surface area contributed by atoms with Gasteiger partial charge >= 0.3 is 6.18 Å². The number of nitrogens with one attached hydrogen (secondary N) is 2. The number of alkyl halides is 3. The third-order valence-electron chi connectivity index (χ3n) is 2.25. The molecule has 0 unspecified atom stereocenters. The molecule has 4 nitrogen and oxygen atoms in total. The Labute approximate surface area is 119 Å². The van der Waals surface area contributed by atoms with Crippen molar-refractivity contribution in [2.24, 2.45) is 4.99 Å². The number of hydrogen-bond acceptors (Lipinski definition) is 2. The van der Waals surface area contributed by atoms with Crippen LogP contribution in [-0.4, -0.2) is 55.8 Å². The maximum atomic E-state index is 12.1. The number of nitrogens with zero attached hydrogens (tertiary/aromatic N) is 2. The zero-order valence-electron chi connectivity index (χ0n) is 13.1. The summed E-state index contributed by atoms with van der Waals surface area (Å²) in [7, 11) is 1.47. The van der Waals surface area contributed by atoms with E-state index >= 15 is 0 Å². The third-order valence-corrected chi connectivity index (χ3v) is 2.25. The molecule has 20 heavy (non-hydrogen) atoms. The lowest BCUT2D eigenvalue weighted by atomic mass is 10.1. The lowest BCUT2D eigenvalue weighted by Gasteiger charge is -2.24. The summed E-state index contributed by atoms with van der Waals surface area (Å²) < 4.78 is 36.4. The van der Waals surface area contributed by atoms with Crippen molar-refractivity contribution in [2.75, 3.05) is 33.2 Å². The molecule has 120 valence electrons. The van der Waals surface area contributed by atoms with Crippen molar-refractivity contribution in [3.05, 3.63) is 0 Å². The van der Waals surface area contributed by atoms with Gasteiger partial charge in [-0.3, -0.25) is 9.89 Å². The zero-order valence-corrected chi connectivity index (χ0v) is 13.1. The largest absolute Gasteiger partial charge is 0.401 e. The van der Waals surface area contributed by atoms with Crippen molar-refractivity contribution in [3.63, 3.8) is 0 Å². The third kappa shape index (κ3) is 12.1. The lowest BCUT2D eigenvalue weighted by Crippen LogP contribution is -2.47. The summed E-state index contributed by atoms with van der Waals surface area (Å²) in [5.41, 5.74) is -0.103. The molecule has 0 rings (SSSR count). The highest BCUT2D eigenvalue weighted by atomic mass is 19.4. The van der Waals surface area contributed by atoms with E-state index in [9.17, 15) is 13.2 Å². The second kappa shape index (κ2) is 8.34. The first-order valence-electron chi connectivity index (χ1n) is 6.85. The van der Waals surface area contributed by atoms with Gasteiger partial charge in [0.1, 0.15) is 0 Å². The monoisotopic (exact) mass is 296 g/mol. The molecule has 7 heteroatoms. The van der Waals surface area contributed by atoms with Crippen LogP contribution in [0.3, 0.4) is 0 Å². The van der Waals surface area contributed by atoms with Gasteiger partial charge in [-0.05, 0) is 47.7 Å². The van der Waals surface area contributed by atoms with Gasteiger partial charge in [-0.25, -0.2) is 0 Å². The molecule has 0 aromatic carbocycles. The van der Waals surface area contributed by atoms with Gasteiger partial charge in [0.2, 0.25) is 0 Å². The van der Waals surface area contributed by atoms with Gasteiger partial charge in [-0.1, -0.05) is 0 Å². The molecule has 0 fully saturated rings. The fraction of sp³-hybridized carbons (Fsp3) is 0.923. The van der Waals surface area contributed by atoms with E-state index in [1.165, 1.54) is 11.9 Å². The van der Waals surface area contributed by atoms with Gasteiger partial charge in [0.25, 0.3) is 0 Å². The Hall–Kier alpha value is -0.980. The highest BCUT2D eigenvalue weighted by Crippen LogP contribution is 2.15. The van der Waals surface area contributed by atoms with Gasteiger partial charge in [0, 0.05) is 18.6 Å². The normalized spacial score (nSPS) is 13.8. The van der Waals surface area contributed by atoms with Crippen molar-refractivity contribution < 1.29 is 13.2 Å². The van der Waals surface area contributed by atoms with Crippen LogP contribution in [0.25, 0.3) is 0 Å². The van der Waals surface area contributed by atoms with Crippen LogP contribution in [0.1, 0.15) is 34.1 Å². The van der Waals surface area contributed by atoms with Crippen molar-refractivity contribution in [1.29, 1.82) is 0 Å². The first-order valence-corrected chi connectivity index (χ1v) is 6.85. The molecule has 0 aliphatic heterocycles. The van der Waals surface area contributed by atoms with Crippen LogP contribution in [0.15, 0.2) is 4.99 Å². The van der Waals surface area contributed by atoms with Crippen LogP contribution >= 0.6 is 0 Å². The fourth-order valence-electron chi connectivity index (χ4n) is 1.58. The minimum absolute atomic E-state index is 0.103. The summed E-state index contributed by atoms with van der Waals surface area (Å²) in [4.78, 5) is 5.62. The molecule has 0 aromatic heterocycles. The molecule has 0 bridgehead atoms. The number of guanidine groups is 1. The Balaban J connectivity index is 4.11. The van der Waals surface area contributed by atoms with Crippen molar-refractivity contribution in [2.45, 2.75) is 45.8 Å². The molecule has 0 spiro atoms. The molecule has 0 aromatic rings. The molecule has 0 heterocycles. The smallest absolute Gasteiger partial charge is 0.357 e. The molecule has 0 radical (unpaired) electrons. The average Bonchev–Trinajstić information content (AvgIpc) is 2.19. The minimum atomic E-state index is -4.14. The molecule has 0 aliphatic carbocycles. The Morgan fingerprint density at radius 1 is 1.20 bits per heavy atom. The minimum Gasteiger partial charge on any atom is -0.357 e. The summed E-state index contributed by atoms with van der Waals surface area (Å²) in [6.45, 7) is 8.78. The van der Waals surface area contributed by atoms with E-state index < -0.39 is 12.7 Å². The van der Waals surface area contributed by atoms with E-state index in [0.717, 1.165) is 6.54 Å². The fourth-order valence-corrected chi connectivity index (χ4v) is 1.58. The first kappa shape index (κ1) is 19.0. The molecule has 0 saturated carbocycles. The Morgan fingerprint density at radius 3 is 2.25 bits per heavy atom. The molecule has 0 aliphatic rings. The van der Waals surface area contributed by atoms with Crippen molar-refractivity contribution in [3.8, 4) is 0 Å². The molecule has 0 atom stereocenters. The highest BCUT2D eigenvalue weighted by molar-refractivity contribution is 5.80. The van der Waals surface area contributed by atoms with Crippen molar-refractivity contribution >= 4 is 5.96 Å². The van der Waals surface area contributed by atoms with Gasteiger partial charge < -0.3 is 10.6 Å². The molecule has 0 saturated heterocycles. The predicted octanol–water partition coefficient (Wildman–Crippen LogP) is 2.22. The van der Waals surface area contributed by atoms with Crippen LogP contribution in [0.2, 0.25) is 0 Å². The van der Waals surface area contributed by atoms with Crippen LogP contribution in [0.4, 0.5) is 13.2 Å². The maximum Gasteiger partial charge on any atom is 0.401 e. The maximum absolute atomic E-state index is 12.1. The predicted molar refractivity (Wildman–Crippen MR) is 77.0 cm³/mol. The molecule has 2 N–H and O–H groups in total. The topological polar surface area (TPSA) is 39.7 Å². The van der Waals surface area contributed by atoms with Crippen molar-refractivity contribution in [1.82, 2.24) is 15.5 Å². The van der Waals surface area contributed by atoms with E-state index in [1.807, 2.05) is 27.7 Å². The molecular formula is C13H27F3N4. The summed E-state index contributed by atoms with van der Waals surface area (Å²) in [6.07, 6.45) is -3.55. The number of halogens is 3. The SMILES string of the molecule is CCNC(=NCCCN(C)CC(F)(F)F)NC(C)(C)C. The summed E-state index contributed by atoms with van der Waals surface area (Å²) in [6, 6.07) is 0. The quantitative estimate of drug-likeness (QED) is 0.448.